The van der Waals surface area contributed by atoms with Gasteiger partial charge in [0.05, 0.1) is 12.7 Å². The van der Waals surface area contributed by atoms with E-state index in [0.29, 0.717) is 18.6 Å². The third-order valence-corrected chi connectivity index (χ3v) is 3.42. The van der Waals surface area contributed by atoms with Gasteiger partial charge >= 0.3 is 0 Å². The van der Waals surface area contributed by atoms with Crippen LogP contribution < -0.4 is 4.74 Å². The second-order valence-electron chi connectivity index (χ2n) is 4.54. The third-order valence-electron chi connectivity index (χ3n) is 2.93. The van der Waals surface area contributed by atoms with E-state index in [2.05, 4.69) is 15.9 Å². The molecule has 0 bridgehead atoms. The average molecular weight is 339 g/mol. The summed E-state index contributed by atoms with van der Waals surface area (Å²) in [5.74, 6) is 0.476. The normalized spacial score (nSPS) is 12.2. The molecule has 0 saturated heterocycles. The Morgan fingerprint density at radius 1 is 1.15 bits per heavy atom. The summed E-state index contributed by atoms with van der Waals surface area (Å²) in [4.78, 5) is 0. The predicted molar refractivity (Wildman–Crippen MR) is 80.4 cm³/mol. The van der Waals surface area contributed by atoms with Crippen LogP contribution >= 0.6 is 15.9 Å². The lowest BCUT2D eigenvalue weighted by Crippen LogP contribution is -2.15. The summed E-state index contributed by atoms with van der Waals surface area (Å²) in [5, 5.41) is 9.93. The van der Waals surface area contributed by atoms with Crippen molar-refractivity contribution in [1.82, 2.24) is 0 Å². The van der Waals surface area contributed by atoms with E-state index >= 15 is 0 Å². The van der Waals surface area contributed by atoms with E-state index in [1.807, 2.05) is 30.3 Å². The number of rotatable bonds is 6. The summed E-state index contributed by atoms with van der Waals surface area (Å²) in [6.45, 7) is 0.404. The standard InChI is InChI=1S/C16H16BrFO2/c17-13-6-7-16(18)12(10-13)11-14(19)8-9-20-15-4-2-1-3-5-15/h1-7,10,14,19H,8-9,11H2. The largest absolute Gasteiger partial charge is 0.493 e. The van der Waals surface area contributed by atoms with Gasteiger partial charge in [-0.15, -0.1) is 0 Å². The van der Waals surface area contributed by atoms with E-state index < -0.39 is 6.10 Å². The molecule has 1 atom stereocenters. The van der Waals surface area contributed by atoms with Crippen LogP contribution in [0.3, 0.4) is 0 Å². The highest BCUT2D eigenvalue weighted by atomic mass is 79.9. The first-order chi connectivity index (χ1) is 9.65. The summed E-state index contributed by atoms with van der Waals surface area (Å²) >= 11 is 3.30. The Bertz CT molecular complexity index is 545. The fourth-order valence-electron chi connectivity index (χ4n) is 1.89. The van der Waals surface area contributed by atoms with Crippen molar-refractivity contribution in [2.24, 2.45) is 0 Å². The van der Waals surface area contributed by atoms with Crippen LogP contribution in [0.4, 0.5) is 4.39 Å². The van der Waals surface area contributed by atoms with Gasteiger partial charge < -0.3 is 9.84 Å². The number of halogens is 2. The van der Waals surface area contributed by atoms with Crippen molar-refractivity contribution in [2.45, 2.75) is 18.9 Å². The molecular weight excluding hydrogens is 323 g/mol. The number of aliphatic hydroxyl groups excluding tert-OH is 1. The van der Waals surface area contributed by atoms with Crippen LogP contribution in [0.5, 0.6) is 5.75 Å². The van der Waals surface area contributed by atoms with Gasteiger partial charge in [0.2, 0.25) is 0 Å². The molecule has 0 saturated carbocycles. The van der Waals surface area contributed by atoms with Gasteiger partial charge in [-0.05, 0) is 35.9 Å². The third kappa shape index (κ3) is 4.62. The van der Waals surface area contributed by atoms with Crippen molar-refractivity contribution in [3.8, 4) is 5.75 Å². The van der Waals surface area contributed by atoms with E-state index in [0.717, 1.165) is 10.2 Å². The second-order valence-corrected chi connectivity index (χ2v) is 5.46. The van der Waals surface area contributed by atoms with Crippen molar-refractivity contribution in [2.75, 3.05) is 6.61 Å². The minimum absolute atomic E-state index is 0.281. The van der Waals surface area contributed by atoms with Crippen molar-refractivity contribution in [3.63, 3.8) is 0 Å². The molecule has 0 spiro atoms. The van der Waals surface area contributed by atoms with Crippen LogP contribution in [-0.2, 0) is 6.42 Å². The van der Waals surface area contributed by atoms with E-state index in [9.17, 15) is 9.50 Å². The van der Waals surface area contributed by atoms with Gasteiger partial charge in [-0.2, -0.15) is 0 Å². The molecule has 0 heterocycles. The Morgan fingerprint density at radius 2 is 1.90 bits per heavy atom. The lowest BCUT2D eigenvalue weighted by atomic mass is 10.1. The molecule has 0 aliphatic carbocycles. The van der Waals surface area contributed by atoms with Crippen LogP contribution in [0.1, 0.15) is 12.0 Å². The smallest absolute Gasteiger partial charge is 0.126 e. The lowest BCUT2D eigenvalue weighted by Gasteiger charge is -2.12. The number of ether oxygens (including phenoxy) is 1. The van der Waals surface area contributed by atoms with Gasteiger partial charge in [-0.3, -0.25) is 0 Å². The predicted octanol–water partition coefficient (Wildman–Crippen LogP) is 3.96. The average Bonchev–Trinajstić information content (AvgIpc) is 2.44. The van der Waals surface area contributed by atoms with Gasteiger partial charge in [0, 0.05) is 17.3 Å². The molecule has 2 nitrogen and oxygen atoms in total. The van der Waals surface area contributed by atoms with Gasteiger partial charge in [-0.1, -0.05) is 34.1 Å². The van der Waals surface area contributed by atoms with Crippen molar-refractivity contribution in [3.05, 3.63) is 64.4 Å². The molecule has 2 rings (SSSR count). The molecule has 0 fully saturated rings. The fourth-order valence-corrected chi connectivity index (χ4v) is 2.29. The summed E-state index contributed by atoms with van der Waals surface area (Å²) < 4.78 is 19.9. The first kappa shape index (κ1) is 15.0. The van der Waals surface area contributed by atoms with Crippen LogP contribution in [-0.4, -0.2) is 17.8 Å². The zero-order valence-corrected chi connectivity index (χ0v) is 12.5. The monoisotopic (exact) mass is 338 g/mol. The Kier molecular flexibility index (Phi) is 5.56. The molecule has 0 aromatic heterocycles. The first-order valence-corrected chi connectivity index (χ1v) is 7.24. The molecule has 1 unspecified atom stereocenters. The van der Waals surface area contributed by atoms with E-state index in [1.54, 1.807) is 12.1 Å². The number of hydrogen-bond donors (Lipinski definition) is 1. The summed E-state index contributed by atoms with van der Waals surface area (Å²) in [5.41, 5.74) is 0.506. The molecule has 106 valence electrons. The lowest BCUT2D eigenvalue weighted by molar-refractivity contribution is 0.138. The maximum absolute atomic E-state index is 13.6. The van der Waals surface area contributed by atoms with Crippen LogP contribution in [0.25, 0.3) is 0 Å². The second kappa shape index (κ2) is 7.41. The summed E-state index contributed by atoms with van der Waals surface area (Å²) in [7, 11) is 0. The molecule has 1 N–H and O–H groups in total. The van der Waals surface area contributed by atoms with Crippen molar-refractivity contribution < 1.29 is 14.2 Å². The SMILES string of the molecule is OC(CCOc1ccccc1)Cc1cc(Br)ccc1F. The van der Waals surface area contributed by atoms with E-state index in [1.165, 1.54) is 6.07 Å². The molecule has 20 heavy (non-hydrogen) atoms. The van der Waals surface area contributed by atoms with Crippen LogP contribution in [0, 0.1) is 5.82 Å². The number of benzene rings is 2. The Morgan fingerprint density at radius 3 is 2.65 bits per heavy atom. The van der Waals surface area contributed by atoms with Gasteiger partial charge in [0.15, 0.2) is 0 Å². The molecule has 0 aliphatic heterocycles. The molecule has 0 radical (unpaired) electrons. The summed E-state index contributed by atoms with van der Waals surface area (Å²) in [6.07, 6.45) is 0.118. The first-order valence-electron chi connectivity index (χ1n) is 6.45. The zero-order chi connectivity index (χ0) is 14.4. The highest BCUT2D eigenvalue weighted by Crippen LogP contribution is 2.18. The Hall–Kier alpha value is -1.39. The highest BCUT2D eigenvalue weighted by molar-refractivity contribution is 9.10. The van der Waals surface area contributed by atoms with Crippen molar-refractivity contribution >= 4 is 15.9 Å². The van der Waals surface area contributed by atoms with Gasteiger partial charge in [0.1, 0.15) is 11.6 Å². The Labute approximate surface area is 126 Å². The number of hydrogen-bond acceptors (Lipinski definition) is 2. The van der Waals surface area contributed by atoms with E-state index in [4.69, 9.17) is 4.74 Å². The maximum Gasteiger partial charge on any atom is 0.126 e. The highest BCUT2D eigenvalue weighted by Gasteiger charge is 2.10. The topological polar surface area (TPSA) is 29.5 Å². The van der Waals surface area contributed by atoms with Gasteiger partial charge in [-0.25, -0.2) is 4.39 Å². The van der Waals surface area contributed by atoms with Crippen molar-refractivity contribution in [1.29, 1.82) is 0 Å². The van der Waals surface area contributed by atoms with Gasteiger partial charge in [0.25, 0.3) is 0 Å². The zero-order valence-electron chi connectivity index (χ0n) is 10.9. The number of aliphatic hydroxyl groups is 1. The molecule has 2 aromatic carbocycles. The molecule has 4 heteroatoms. The molecule has 0 aliphatic rings. The fraction of sp³-hybridized carbons (Fsp3) is 0.250. The number of para-hydroxylation sites is 1. The van der Waals surface area contributed by atoms with Crippen LogP contribution in [0.15, 0.2) is 53.0 Å². The quantitative estimate of drug-likeness (QED) is 0.863. The Balaban J connectivity index is 1.80. The summed E-state index contributed by atoms with van der Waals surface area (Å²) in [6, 6.07) is 14.1. The molecular formula is C16H16BrFO2. The molecule has 2 aromatic rings. The molecule has 0 amide bonds. The minimum Gasteiger partial charge on any atom is -0.493 e. The minimum atomic E-state index is -0.623. The van der Waals surface area contributed by atoms with Crippen LogP contribution in [0.2, 0.25) is 0 Å². The van der Waals surface area contributed by atoms with E-state index in [-0.39, 0.29) is 12.2 Å². The maximum atomic E-state index is 13.6.